The summed E-state index contributed by atoms with van der Waals surface area (Å²) in [6, 6.07) is 3.88. The molecule has 102 valence electrons. The zero-order valence-corrected chi connectivity index (χ0v) is 11.4. The molecule has 1 aliphatic heterocycles. The number of thioether (sulfide) groups is 1. The first-order valence-electron chi connectivity index (χ1n) is 5.54. The van der Waals surface area contributed by atoms with Crippen LogP contribution in [0, 0.1) is 5.82 Å². The monoisotopic (exact) mass is 303 g/mol. The fourth-order valence-electron chi connectivity index (χ4n) is 1.88. The first-order valence-corrected chi connectivity index (χ1v) is 7.07. The van der Waals surface area contributed by atoms with Gasteiger partial charge in [0.2, 0.25) is 0 Å². The van der Waals surface area contributed by atoms with Gasteiger partial charge < -0.3 is 10.4 Å². The number of hydrogen-bond acceptors (Lipinski definition) is 3. The van der Waals surface area contributed by atoms with E-state index in [1.165, 1.54) is 23.9 Å². The summed E-state index contributed by atoms with van der Waals surface area (Å²) in [5.41, 5.74) is -1.66. The highest BCUT2D eigenvalue weighted by molar-refractivity contribution is 7.99. The third-order valence-electron chi connectivity index (χ3n) is 2.97. The largest absolute Gasteiger partial charge is 0.479 e. The van der Waals surface area contributed by atoms with Crippen LogP contribution in [0.4, 0.5) is 4.39 Å². The number of carboxylic acid groups (broad SMARTS) is 1. The van der Waals surface area contributed by atoms with Gasteiger partial charge in [-0.2, -0.15) is 11.8 Å². The van der Waals surface area contributed by atoms with Crippen molar-refractivity contribution in [2.24, 2.45) is 0 Å². The molecule has 1 unspecified atom stereocenters. The molecule has 0 radical (unpaired) electrons. The summed E-state index contributed by atoms with van der Waals surface area (Å²) >= 11 is 7.21. The fourth-order valence-corrected chi connectivity index (χ4v) is 3.45. The highest BCUT2D eigenvalue weighted by atomic mass is 35.5. The predicted octanol–water partition coefficient (Wildman–Crippen LogP) is 2.17. The highest BCUT2D eigenvalue weighted by Gasteiger charge is 2.43. The van der Waals surface area contributed by atoms with Crippen molar-refractivity contribution in [2.45, 2.75) is 12.0 Å². The summed E-state index contributed by atoms with van der Waals surface area (Å²) in [4.78, 5) is 23.3. The number of rotatable bonds is 3. The predicted molar refractivity (Wildman–Crippen MR) is 71.2 cm³/mol. The van der Waals surface area contributed by atoms with Gasteiger partial charge in [0.1, 0.15) is 11.4 Å². The maximum Gasteiger partial charge on any atom is 0.330 e. The van der Waals surface area contributed by atoms with E-state index < -0.39 is 23.2 Å². The number of amides is 1. The molecule has 1 saturated heterocycles. The van der Waals surface area contributed by atoms with Gasteiger partial charge in [-0.25, -0.2) is 9.18 Å². The van der Waals surface area contributed by atoms with E-state index in [1.54, 1.807) is 0 Å². The van der Waals surface area contributed by atoms with Crippen LogP contribution >= 0.6 is 23.4 Å². The van der Waals surface area contributed by atoms with Crippen molar-refractivity contribution < 1.29 is 19.1 Å². The van der Waals surface area contributed by atoms with E-state index in [0.717, 1.165) is 6.07 Å². The molecule has 19 heavy (non-hydrogen) atoms. The first kappa shape index (κ1) is 14.1. The van der Waals surface area contributed by atoms with Crippen molar-refractivity contribution >= 4 is 35.2 Å². The maximum absolute atomic E-state index is 13.6. The lowest BCUT2D eigenvalue weighted by atomic mass is 9.98. The van der Waals surface area contributed by atoms with Gasteiger partial charge in [0, 0.05) is 5.75 Å². The van der Waals surface area contributed by atoms with Gasteiger partial charge in [0.15, 0.2) is 0 Å². The SMILES string of the molecule is O=C(NC1(C(=O)O)CCSC1)c1c(F)cccc1Cl. The molecule has 1 aliphatic rings. The van der Waals surface area contributed by atoms with Crippen molar-refractivity contribution in [1.82, 2.24) is 5.32 Å². The zero-order chi connectivity index (χ0) is 14.0. The molecule has 0 aromatic heterocycles. The maximum atomic E-state index is 13.6. The number of aliphatic carboxylic acids is 1. The molecule has 1 heterocycles. The van der Waals surface area contributed by atoms with Gasteiger partial charge in [0.25, 0.3) is 5.91 Å². The minimum atomic E-state index is -1.34. The molecule has 1 aromatic rings. The van der Waals surface area contributed by atoms with Crippen LogP contribution in [0.25, 0.3) is 0 Å². The quantitative estimate of drug-likeness (QED) is 0.898. The standard InChI is InChI=1S/C12H11ClFNO3S/c13-7-2-1-3-8(14)9(7)10(16)15-12(11(17)18)4-5-19-6-12/h1-3H,4-6H2,(H,15,16)(H,17,18). The Kier molecular flexibility index (Phi) is 4.01. The second kappa shape index (κ2) is 5.38. The normalized spacial score (nSPS) is 22.2. The molecular formula is C12H11ClFNO3S. The van der Waals surface area contributed by atoms with Crippen LogP contribution in [0.3, 0.4) is 0 Å². The third-order valence-corrected chi connectivity index (χ3v) is 4.48. The Hall–Kier alpha value is -1.27. The lowest BCUT2D eigenvalue weighted by Crippen LogP contribution is -2.55. The van der Waals surface area contributed by atoms with Gasteiger partial charge in [-0.05, 0) is 24.3 Å². The number of halogens is 2. The minimum absolute atomic E-state index is 0.0383. The second-order valence-electron chi connectivity index (χ2n) is 4.24. The number of benzene rings is 1. The average Bonchev–Trinajstić information content (AvgIpc) is 2.78. The molecule has 1 aromatic carbocycles. The number of nitrogens with one attached hydrogen (secondary N) is 1. The molecule has 1 amide bonds. The Morgan fingerprint density at radius 3 is 2.74 bits per heavy atom. The van der Waals surface area contributed by atoms with E-state index in [0.29, 0.717) is 12.2 Å². The zero-order valence-electron chi connectivity index (χ0n) is 9.78. The Morgan fingerprint density at radius 1 is 1.47 bits per heavy atom. The molecule has 0 aliphatic carbocycles. The molecule has 2 rings (SSSR count). The summed E-state index contributed by atoms with van der Waals surface area (Å²) in [6.07, 6.45) is 0.310. The second-order valence-corrected chi connectivity index (χ2v) is 5.75. The average molecular weight is 304 g/mol. The molecule has 4 nitrogen and oxygen atoms in total. The van der Waals surface area contributed by atoms with E-state index in [1.807, 2.05) is 0 Å². The molecule has 2 N–H and O–H groups in total. The third kappa shape index (κ3) is 2.69. The van der Waals surface area contributed by atoms with Gasteiger partial charge >= 0.3 is 5.97 Å². The Bertz CT molecular complexity index is 511. The van der Waals surface area contributed by atoms with E-state index in [4.69, 9.17) is 11.6 Å². The van der Waals surface area contributed by atoms with Crippen molar-refractivity contribution in [3.05, 3.63) is 34.6 Å². The summed E-state index contributed by atoms with van der Waals surface area (Å²) in [7, 11) is 0. The summed E-state index contributed by atoms with van der Waals surface area (Å²) in [6.45, 7) is 0. The van der Waals surface area contributed by atoms with Crippen LogP contribution in [0.15, 0.2) is 18.2 Å². The number of carbonyl (C=O) groups excluding carboxylic acids is 1. The highest BCUT2D eigenvalue weighted by Crippen LogP contribution is 2.29. The van der Waals surface area contributed by atoms with Gasteiger partial charge in [-0.3, -0.25) is 4.79 Å². The van der Waals surface area contributed by atoms with Crippen molar-refractivity contribution in [1.29, 1.82) is 0 Å². The lowest BCUT2D eigenvalue weighted by molar-refractivity contribution is -0.143. The molecule has 0 saturated carbocycles. The molecule has 0 bridgehead atoms. The Balaban J connectivity index is 2.28. The lowest BCUT2D eigenvalue weighted by Gasteiger charge is -2.24. The Morgan fingerprint density at radius 2 is 2.21 bits per heavy atom. The van der Waals surface area contributed by atoms with Crippen LogP contribution in [-0.4, -0.2) is 34.0 Å². The van der Waals surface area contributed by atoms with E-state index >= 15 is 0 Å². The van der Waals surface area contributed by atoms with Crippen LogP contribution in [0.2, 0.25) is 5.02 Å². The topological polar surface area (TPSA) is 66.4 Å². The molecule has 1 fully saturated rings. The smallest absolute Gasteiger partial charge is 0.330 e. The van der Waals surface area contributed by atoms with Gasteiger partial charge in [-0.1, -0.05) is 17.7 Å². The van der Waals surface area contributed by atoms with Crippen molar-refractivity contribution in [3.8, 4) is 0 Å². The molecule has 7 heteroatoms. The number of hydrogen-bond donors (Lipinski definition) is 2. The first-order chi connectivity index (χ1) is 8.96. The number of carboxylic acids is 1. The van der Waals surface area contributed by atoms with Crippen molar-refractivity contribution in [3.63, 3.8) is 0 Å². The van der Waals surface area contributed by atoms with Crippen LogP contribution in [-0.2, 0) is 4.79 Å². The van der Waals surface area contributed by atoms with Gasteiger partial charge in [0.05, 0.1) is 10.6 Å². The fraction of sp³-hybridized carbons (Fsp3) is 0.333. The van der Waals surface area contributed by atoms with E-state index in [-0.39, 0.29) is 16.3 Å². The summed E-state index contributed by atoms with van der Waals surface area (Å²) in [5, 5.41) is 11.6. The van der Waals surface area contributed by atoms with E-state index in [2.05, 4.69) is 5.32 Å². The molecule has 0 spiro atoms. The minimum Gasteiger partial charge on any atom is -0.479 e. The van der Waals surface area contributed by atoms with E-state index in [9.17, 15) is 19.1 Å². The van der Waals surface area contributed by atoms with Crippen molar-refractivity contribution in [2.75, 3.05) is 11.5 Å². The van der Waals surface area contributed by atoms with Crippen LogP contribution < -0.4 is 5.32 Å². The number of carbonyl (C=O) groups is 2. The molecule has 1 atom stereocenters. The van der Waals surface area contributed by atoms with Crippen LogP contribution in [0.1, 0.15) is 16.8 Å². The molecular weight excluding hydrogens is 293 g/mol. The van der Waals surface area contributed by atoms with Gasteiger partial charge in [-0.15, -0.1) is 0 Å². The summed E-state index contributed by atoms with van der Waals surface area (Å²) in [5.74, 6) is -1.78. The Labute approximate surface area is 118 Å². The van der Waals surface area contributed by atoms with Crippen LogP contribution in [0.5, 0.6) is 0 Å². The summed E-state index contributed by atoms with van der Waals surface area (Å²) < 4.78 is 13.6.